The number of anilines is 1. The second-order valence-electron chi connectivity index (χ2n) is 8.24. The fourth-order valence-corrected chi connectivity index (χ4v) is 4.26. The number of benzene rings is 1. The third-order valence-electron chi connectivity index (χ3n) is 6.26. The molecule has 2 N–H and O–H groups in total. The predicted molar refractivity (Wildman–Crippen MR) is 112 cm³/mol. The Labute approximate surface area is 171 Å². The first kappa shape index (κ1) is 19.6. The molecule has 0 unspecified atom stereocenters. The molecule has 154 valence electrons. The van der Waals surface area contributed by atoms with Gasteiger partial charge in [0.05, 0.1) is 0 Å². The zero-order valence-corrected chi connectivity index (χ0v) is 16.9. The van der Waals surface area contributed by atoms with Crippen molar-refractivity contribution in [1.82, 2.24) is 20.0 Å². The van der Waals surface area contributed by atoms with Crippen molar-refractivity contribution in [3.05, 3.63) is 48.3 Å². The lowest BCUT2D eigenvalue weighted by atomic mass is 9.87. The van der Waals surface area contributed by atoms with Crippen molar-refractivity contribution in [3.8, 4) is 0 Å². The van der Waals surface area contributed by atoms with E-state index in [-0.39, 0.29) is 11.8 Å². The van der Waals surface area contributed by atoms with E-state index in [1.165, 1.54) is 0 Å². The molecule has 0 atom stereocenters. The molecule has 2 fully saturated rings. The van der Waals surface area contributed by atoms with E-state index in [4.69, 9.17) is 0 Å². The number of hydrogen-bond acceptors (Lipinski definition) is 4. The number of hydrogen-bond donors (Lipinski definition) is 2. The van der Waals surface area contributed by atoms with Crippen LogP contribution in [0.2, 0.25) is 0 Å². The van der Waals surface area contributed by atoms with E-state index in [2.05, 4.69) is 22.7 Å². The van der Waals surface area contributed by atoms with Gasteiger partial charge in [0.25, 0.3) is 11.8 Å². The van der Waals surface area contributed by atoms with Gasteiger partial charge in [-0.05, 0) is 75.0 Å². The number of nitrogens with zero attached hydrogens (tertiary/aromatic N) is 3. The van der Waals surface area contributed by atoms with Crippen molar-refractivity contribution in [3.63, 3.8) is 0 Å². The van der Waals surface area contributed by atoms with Gasteiger partial charge >= 0.3 is 0 Å². The molecule has 0 saturated carbocycles. The van der Waals surface area contributed by atoms with Gasteiger partial charge in [0.15, 0.2) is 0 Å². The van der Waals surface area contributed by atoms with Gasteiger partial charge in [-0.15, -0.1) is 0 Å². The number of rotatable bonds is 4. The van der Waals surface area contributed by atoms with Crippen LogP contribution in [0, 0.1) is 5.92 Å². The second-order valence-corrected chi connectivity index (χ2v) is 8.24. The Balaban J connectivity index is 1.45. The largest absolute Gasteiger partial charge is 0.339 e. The molecular formula is C22H29N5O2. The summed E-state index contributed by atoms with van der Waals surface area (Å²) in [5.41, 5.74) is 0.679. The summed E-state index contributed by atoms with van der Waals surface area (Å²) in [4.78, 5) is 27.8. The first-order valence-corrected chi connectivity index (χ1v) is 10.5. The number of amides is 2. The molecule has 29 heavy (non-hydrogen) atoms. The van der Waals surface area contributed by atoms with Crippen LogP contribution in [0.5, 0.6) is 0 Å². The van der Waals surface area contributed by atoms with Crippen LogP contribution in [0.15, 0.2) is 42.7 Å². The van der Waals surface area contributed by atoms with Crippen LogP contribution in [0.1, 0.15) is 43.0 Å². The lowest BCUT2D eigenvalue weighted by molar-refractivity contribution is -0.126. The number of aromatic nitrogens is 2. The monoisotopic (exact) mass is 395 g/mol. The summed E-state index contributed by atoms with van der Waals surface area (Å²) in [7, 11) is 0. The first-order valence-electron chi connectivity index (χ1n) is 10.5. The molecule has 2 aliphatic rings. The summed E-state index contributed by atoms with van der Waals surface area (Å²) in [5.74, 6) is 0.696. The standard InChI is InChI=1S/C22H29N5O2/c1-17-7-15-26(16-8-17)20(28)18-3-5-19(6-4-18)25-21(29)22(9-12-23-13-10-22)27-14-2-11-24-27/h2-6,11,14,17,23H,7-10,12-13,15-16H2,1H3,(H,25,29). The average molecular weight is 396 g/mol. The van der Waals surface area contributed by atoms with Gasteiger partial charge < -0.3 is 15.5 Å². The Morgan fingerprint density at radius 2 is 1.83 bits per heavy atom. The average Bonchev–Trinajstić information content (AvgIpc) is 3.30. The highest BCUT2D eigenvalue weighted by Gasteiger charge is 2.42. The second kappa shape index (κ2) is 8.37. The maximum atomic E-state index is 13.2. The van der Waals surface area contributed by atoms with Gasteiger partial charge in [-0.25, -0.2) is 0 Å². The quantitative estimate of drug-likeness (QED) is 0.834. The van der Waals surface area contributed by atoms with E-state index < -0.39 is 5.54 Å². The predicted octanol–water partition coefficient (Wildman–Crippen LogP) is 2.47. The van der Waals surface area contributed by atoms with Crippen molar-refractivity contribution in [2.75, 3.05) is 31.5 Å². The summed E-state index contributed by atoms with van der Waals surface area (Å²) in [5, 5.41) is 10.7. The Morgan fingerprint density at radius 3 is 2.45 bits per heavy atom. The molecule has 7 heteroatoms. The molecule has 0 spiro atoms. The van der Waals surface area contributed by atoms with Crippen molar-refractivity contribution < 1.29 is 9.59 Å². The van der Waals surface area contributed by atoms with Crippen LogP contribution in [0.4, 0.5) is 5.69 Å². The molecule has 0 aliphatic carbocycles. The van der Waals surface area contributed by atoms with Gasteiger partial charge in [0.1, 0.15) is 5.54 Å². The Hall–Kier alpha value is -2.67. The highest BCUT2D eigenvalue weighted by Crippen LogP contribution is 2.29. The summed E-state index contributed by atoms with van der Waals surface area (Å²) >= 11 is 0. The lowest BCUT2D eigenvalue weighted by Gasteiger charge is -2.36. The van der Waals surface area contributed by atoms with Crippen LogP contribution in [0.3, 0.4) is 0 Å². The fourth-order valence-electron chi connectivity index (χ4n) is 4.26. The summed E-state index contributed by atoms with van der Waals surface area (Å²) < 4.78 is 1.78. The molecule has 7 nitrogen and oxygen atoms in total. The molecule has 2 saturated heterocycles. The minimum atomic E-state index is -0.687. The maximum absolute atomic E-state index is 13.2. The van der Waals surface area contributed by atoms with Crippen LogP contribution < -0.4 is 10.6 Å². The SMILES string of the molecule is CC1CCN(C(=O)c2ccc(NC(=O)C3(n4cccn4)CCNCC3)cc2)CC1. The minimum absolute atomic E-state index is 0.0632. The van der Waals surface area contributed by atoms with E-state index in [1.807, 2.05) is 29.3 Å². The highest BCUT2D eigenvalue weighted by atomic mass is 16.2. The molecule has 2 aliphatic heterocycles. The van der Waals surface area contributed by atoms with E-state index >= 15 is 0 Å². The highest BCUT2D eigenvalue weighted by molar-refractivity contribution is 5.98. The molecule has 1 aromatic heterocycles. The molecule has 0 radical (unpaired) electrons. The maximum Gasteiger partial charge on any atom is 0.253 e. The Kier molecular flexibility index (Phi) is 5.67. The van der Waals surface area contributed by atoms with Crippen molar-refractivity contribution in [2.24, 2.45) is 5.92 Å². The zero-order valence-electron chi connectivity index (χ0n) is 16.9. The van der Waals surface area contributed by atoms with E-state index in [0.29, 0.717) is 30.0 Å². The molecule has 0 bridgehead atoms. The summed E-state index contributed by atoms with van der Waals surface area (Å²) in [6.07, 6.45) is 7.05. The van der Waals surface area contributed by atoms with Crippen LogP contribution >= 0.6 is 0 Å². The number of likely N-dealkylation sites (tertiary alicyclic amines) is 1. The smallest absolute Gasteiger partial charge is 0.253 e. The van der Waals surface area contributed by atoms with Crippen molar-refractivity contribution >= 4 is 17.5 Å². The minimum Gasteiger partial charge on any atom is -0.339 e. The van der Waals surface area contributed by atoms with Gasteiger partial charge in [-0.3, -0.25) is 14.3 Å². The van der Waals surface area contributed by atoms with Gasteiger partial charge in [-0.1, -0.05) is 6.92 Å². The number of carbonyl (C=O) groups is 2. The Bertz CT molecular complexity index is 833. The van der Waals surface area contributed by atoms with E-state index in [1.54, 1.807) is 23.0 Å². The number of nitrogens with one attached hydrogen (secondary N) is 2. The Morgan fingerprint density at radius 1 is 1.14 bits per heavy atom. The molecule has 1 aromatic carbocycles. The molecule has 2 amide bonds. The molecular weight excluding hydrogens is 366 g/mol. The fraction of sp³-hybridized carbons (Fsp3) is 0.500. The number of piperidine rings is 2. The first-order chi connectivity index (χ1) is 14.1. The normalized spacial score (nSPS) is 19.7. The number of carbonyl (C=O) groups excluding carboxylic acids is 2. The molecule has 4 rings (SSSR count). The van der Waals surface area contributed by atoms with Crippen LogP contribution in [-0.4, -0.2) is 52.7 Å². The van der Waals surface area contributed by atoms with Gasteiger partial charge in [0.2, 0.25) is 0 Å². The third kappa shape index (κ3) is 4.05. The van der Waals surface area contributed by atoms with Crippen molar-refractivity contribution in [2.45, 2.75) is 38.1 Å². The molecule has 3 heterocycles. The topological polar surface area (TPSA) is 79.3 Å². The summed E-state index contributed by atoms with van der Waals surface area (Å²) in [6.45, 7) is 5.42. The summed E-state index contributed by atoms with van der Waals surface area (Å²) in [6, 6.07) is 9.09. The third-order valence-corrected chi connectivity index (χ3v) is 6.26. The van der Waals surface area contributed by atoms with Crippen LogP contribution in [-0.2, 0) is 10.3 Å². The van der Waals surface area contributed by atoms with Crippen LogP contribution in [0.25, 0.3) is 0 Å². The zero-order chi connectivity index (χ0) is 20.3. The van der Waals surface area contributed by atoms with E-state index in [0.717, 1.165) is 39.0 Å². The van der Waals surface area contributed by atoms with E-state index in [9.17, 15) is 9.59 Å². The van der Waals surface area contributed by atoms with Gasteiger partial charge in [0, 0.05) is 36.7 Å². The molecule has 2 aromatic rings. The van der Waals surface area contributed by atoms with Gasteiger partial charge in [-0.2, -0.15) is 5.10 Å². The van der Waals surface area contributed by atoms with Crippen molar-refractivity contribution in [1.29, 1.82) is 0 Å². The lowest BCUT2D eigenvalue weighted by Crippen LogP contribution is -2.52.